The lowest BCUT2D eigenvalue weighted by Gasteiger charge is -1.99. The van der Waals surface area contributed by atoms with Gasteiger partial charge in [-0.05, 0) is 23.8 Å². The summed E-state index contributed by atoms with van der Waals surface area (Å²) in [5, 5.41) is 2.54. The van der Waals surface area contributed by atoms with Crippen molar-refractivity contribution in [2.75, 3.05) is 12.3 Å². The van der Waals surface area contributed by atoms with Crippen molar-refractivity contribution in [2.24, 2.45) is 5.73 Å². The first-order valence-corrected chi connectivity index (χ1v) is 5.17. The molecule has 5 heteroatoms. The molecular weight excluding hydrogens is 218 g/mol. The van der Waals surface area contributed by atoms with Gasteiger partial charge in [0, 0.05) is 24.7 Å². The summed E-state index contributed by atoms with van der Waals surface area (Å²) in [6, 6.07) is 7.13. The quantitative estimate of drug-likeness (QED) is 0.503. The van der Waals surface area contributed by atoms with Gasteiger partial charge in [-0.3, -0.25) is 9.59 Å². The number of anilines is 1. The summed E-state index contributed by atoms with van der Waals surface area (Å²) in [6.45, 7) is 0.250. The molecule has 0 saturated carbocycles. The van der Waals surface area contributed by atoms with E-state index in [-0.39, 0.29) is 18.9 Å². The zero-order chi connectivity index (χ0) is 12.7. The Hall–Kier alpha value is -2.30. The number of benzene rings is 1. The third-order valence-electron chi connectivity index (χ3n) is 2.03. The minimum Gasteiger partial charge on any atom is -0.399 e. The van der Waals surface area contributed by atoms with Crippen LogP contribution >= 0.6 is 0 Å². The Kier molecular flexibility index (Phi) is 4.75. The molecule has 1 aromatic rings. The fourth-order valence-electron chi connectivity index (χ4n) is 1.15. The molecule has 0 aliphatic heterocycles. The van der Waals surface area contributed by atoms with Gasteiger partial charge in [-0.1, -0.05) is 12.1 Å². The molecule has 1 rings (SSSR count). The van der Waals surface area contributed by atoms with E-state index in [0.29, 0.717) is 5.69 Å². The van der Waals surface area contributed by atoms with Crippen LogP contribution in [0.25, 0.3) is 6.08 Å². The normalized spacial score (nSPS) is 10.4. The van der Waals surface area contributed by atoms with Crippen LogP contribution in [0.2, 0.25) is 0 Å². The number of hydrogen-bond donors (Lipinski definition) is 3. The molecule has 5 N–H and O–H groups in total. The Balaban J connectivity index is 2.40. The average molecular weight is 233 g/mol. The molecule has 0 aliphatic carbocycles. The lowest BCUT2D eigenvalue weighted by Crippen LogP contribution is -2.26. The Bertz CT molecular complexity index is 424. The fourth-order valence-corrected chi connectivity index (χ4v) is 1.15. The lowest BCUT2D eigenvalue weighted by atomic mass is 10.2. The minimum absolute atomic E-state index is 0.140. The molecule has 1 aromatic carbocycles. The number of nitrogen functional groups attached to an aromatic ring is 1. The van der Waals surface area contributed by atoms with Gasteiger partial charge in [0.1, 0.15) is 0 Å². The third-order valence-corrected chi connectivity index (χ3v) is 2.03. The van der Waals surface area contributed by atoms with Crippen molar-refractivity contribution < 1.29 is 9.59 Å². The molecule has 0 aliphatic rings. The van der Waals surface area contributed by atoms with Gasteiger partial charge in [0.05, 0.1) is 0 Å². The molecule has 90 valence electrons. The predicted octanol–water partition coefficient (Wildman–Crippen LogP) is 0.274. The average Bonchev–Trinajstić information content (AvgIpc) is 2.28. The van der Waals surface area contributed by atoms with Crippen molar-refractivity contribution >= 4 is 23.6 Å². The van der Waals surface area contributed by atoms with E-state index >= 15 is 0 Å². The molecule has 2 amide bonds. The highest BCUT2D eigenvalue weighted by Gasteiger charge is 1.97. The molecule has 0 saturated heterocycles. The maximum atomic E-state index is 11.3. The van der Waals surface area contributed by atoms with Crippen LogP contribution in [0.1, 0.15) is 12.0 Å². The van der Waals surface area contributed by atoms with E-state index in [1.807, 2.05) is 12.1 Å². The number of amides is 2. The smallest absolute Gasteiger partial charge is 0.244 e. The van der Waals surface area contributed by atoms with Crippen LogP contribution < -0.4 is 16.8 Å². The lowest BCUT2D eigenvalue weighted by molar-refractivity contribution is -0.118. The van der Waals surface area contributed by atoms with E-state index < -0.39 is 5.91 Å². The maximum Gasteiger partial charge on any atom is 0.244 e. The molecule has 0 fully saturated rings. The molecule has 0 aromatic heterocycles. The minimum atomic E-state index is -0.437. The summed E-state index contributed by atoms with van der Waals surface area (Å²) in [5.41, 5.74) is 12.0. The standard InChI is InChI=1S/C12H15N3O2/c13-10-4-1-9(2-5-10)3-6-12(17)15-8-7-11(14)16/h1-6H,7-8,13H2,(H2,14,16)(H,15,17)/b6-3+. The first-order valence-electron chi connectivity index (χ1n) is 5.17. The summed E-state index contributed by atoms with van der Waals surface area (Å²) < 4.78 is 0. The number of carbonyl (C=O) groups excluding carboxylic acids is 2. The van der Waals surface area contributed by atoms with Gasteiger partial charge in [-0.2, -0.15) is 0 Å². The largest absolute Gasteiger partial charge is 0.399 e. The Morgan fingerprint density at radius 1 is 1.24 bits per heavy atom. The Labute approximate surface area is 99.5 Å². The number of carbonyl (C=O) groups is 2. The van der Waals surface area contributed by atoms with E-state index in [9.17, 15) is 9.59 Å². The van der Waals surface area contributed by atoms with Gasteiger partial charge in [-0.25, -0.2) is 0 Å². The number of nitrogens with two attached hydrogens (primary N) is 2. The fraction of sp³-hybridized carbons (Fsp3) is 0.167. The Morgan fingerprint density at radius 3 is 2.47 bits per heavy atom. The van der Waals surface area contributed by atoms with E-state index in [4.69, 9.17) is 11.5 Å². The summed E-state index contributed by atoms with van der Waals surface area (Å²) in [7, 11) is 0. The van der Waals surface area contributed by atoms with Gasteiger partial charge < -0.3 is 16.8 Å². The first kappa shape index (κ1) is 12.8. The van der Waals surface area contributed by atoms with Crippen molar-refractivity contribution in [2.45, 2.75) is 6.42 Å². The zero-order valence-corrected chi connectivity index (χ0v) is 9.35. The van der Waals surface area contributed by atoms with Crippen LogP contribution in [0.3, 0.4) is 0 Å². The Morgan fingerprint density at radius 2 is 1.88 bits per heavy atom. The summed E-state index contributed by atoms with van der Waals surface area (Å²) in [5.74, 6) is -0.698. The highest BCUT2D eigenvalue weighted by atomic mass is 16.2. The van der Waals surface area contributed by atoms with Crippen LogP contribution in [0.5, 0.6) is 0 Å². The second kappa shape index (κ2) is 6.32. The molecule has 0 radical (unpaired) electrons. The molecule has 5 nitrogen and oxygen atoms in total. The first-order chi connectivity index (χ1) is 8.08. The summed E-state index contributed by atoms with van der Waals surface area (Å²) in [6.07, 6.45) is 3.20. The highest BCUT2D eigenvalue weighted by molar-refractivity contribution is 5.92. The van der Waals surface area contributed by atoms with E-state index in [0.717, 1.165) is 5.56 Å². The van der Waals surface area contributed by atoms with Crippen LogP contribution in [-0.2, 0) is 9.59 Å². The summed E-state index contributed by atoms with van der Waals surface area (Å²) >= 11 is 0. The van der Waals surface area contributed by atoms with E-state index in [1.54, 1.807) is 18.2 Å². The maximum absolute atomic E-state index is 11.3. The molecule has 0 atom stereocenters. The van der Waals surface area contributed by atoms with Crippen molar-refractivity contribution in [1.29, 1.82) is 0 Å². The monoisotopic (exact) mass is 233 g/mol. The number of primary amides is 1. The zero-order valence-electron chi connectivity index (χ0n) is 9.35. The van der Waals surface area contributed by atoms with Crippen molar-refractivity contribution in [3.05, 3.63) is 35.9 Å². The SMILES string of the molecule is NC(=O)CCNC(=O)/C=C/c1ccc(N)cc1. The number of hydrogen-bond acceptors (Lipinski definition) is 3. The topological polar surface area (TPSA) is 98.2 Å². The molecular formula is C12H15N3O2. The van der Waals surface area contributed by atoms with Crippen LogP contribution in [-0.4, -0.2) is 18.4 Å². The van der Waals surface area contributed by atoms with Crippen molar-refractivity contribution in [3.8, 4) is 0 Å². The second-order valence-electron chi connectivity index (χ2n) is 3.51. The molecule has 17 heavy (non-hydrogen) atoms. The molecule has 0 bridgehead atoms. The van der Waals surface area contributed by atoms with Gasteiger partial charge in [0.25, 0.3) is 0 Å². The van der Waals surface area contributed by atoms with Crippen molar-refractivity contribution in [1.82, 2.24) is 5.32 Å². The van der Waals surface area contributed by atoms with Crippen molar-refractivity contribution in [3.63, 3.8) is 0 Å². The molecule has 0 heterocycles. The van der Waals surface area contributed by atoms with Gasteiger partial charge in [0.15, 0.2) is 0 Å². The molecule has 0 spiro atoms. The van der Waals surface area contributed by atoms with E-state index in [2.05, 4.69) is 5.32 Å². The van der Waals surface area contributed by atoms with Gasteiger partial charge in [-0.15, -0.1) is 0 Å². The van der Waals surface area contributed by atoms with Crippen LogP contribution in [0.4, 0.5) is 5.69 Å². The van der Waals surface area contributed by atoms with E-state index in [1.165, 1.54) is 6.08 Å². The third kappa shape index (κ3) is 5.36. The van der Waals surface area contributed by atoms with Gasteiger partial charge >= 0.3 is 0 Å². The number of nitrogens with one attached hydrogen (secondary N) is 1. The van der Waals surface area contributed by atoms with Gasteiger partial charge in [0.2, 0.25) is 11.8 Å². The second-order valence-corrected chi connectivity index (χ2v) is 3.51. The summed E-state index contributed by atoms with van der Waals surface area (Å²) in [4.78, 5) is 21.7. The highest BCUT2D eigenvalue weighted by Crippen LogP contribution is 2.06. The van der Waals surface area contributed by atoms with Crippen LogP contribution in [0, 0.1) is 0 Å². The number of rotatable bonds is 5. The molecule has 0 unspecified atom stereocenters. The predicted molar refractivity (Wildman–Crippen MR) is 66.7 cm³/mol. The van der Waals surface area contributed by atoms with Crippen LogP contribution in [0.15, 0.2) is 30.3 Å².